The number of nitrogens with zero attached hydrogens (tertiary/aromatic N) is 2. The number of nitrogens with one attached hydrogen (secondary N) is 1. The van der Waals surface area contributed by atoms with Crippen LogP contribution < -0.4 is 5.32 Å². The molecule has 124 valence electrons. The molecule has 1 aliphatic heterocycles. The predicted molar refractivity (Wildman–Crippen MR) is 100 cm³/mol. The van der Waals surface area contributed by atoms with E-state index in [-0.39, 0.29) is 18.4 Å². The van der Waals surface area contributed by atoms with Crippen molar-refractivity contribution in [3.63, 3.8) is 0 Å². The maximum absolute atomic E-state index is 12.4. The Balaban J connectivity index is 1.87. The maximum Gasteiger partial charge on any atom is 0.266 e. The second kappa shape index (κ2) is 8.58. The topological polar surface area (TPSA) is 52.7 Å². The lowest BCUT2D eigenvalue weighted by molar-refractivity contribution is -0.128. The lowest BCUT2D eigenvalue weighted by Gasteiger charge is -2.14. The number of thioether (sulfide) groups is 1. The largest absolute Gasteiger partial charge is 0.354 e. The molecule has 23 heavy (non-hydrogen) atoms. The Labute approximate surface area is 149 Å². The molecule has 5 nitrogen and oxygen atoms in total. The van der Waals surface area contributed by atoms with Gasteiger partial charge in [-0.3, -0.25) is 14.5 Å². The Morgan fingerprint density at radius 1 is 1.48 bits per heavy atom. The summed E-state index contributed by atoms with van der Waals surface area (Å²) in [6.07, 6.45) is 2.69. The van der Waals surface area contributed by atoms with Crippen molar-refractivity contribution in [3.8, 4) is 0 Å². The van der Waals surface area contributed by atoms with Gasteiger partial charge in [0.1, 0.15) is 10.9 Å². The zero-order valence-corrected chi connectivity index (χ0v) is 15.5. The third-order valence-corrected chi connectivity index (χ3v) is 5.29. The van der Waals surface area contributed by atoms with Crippen LogP contribution in [0, 0.1) is 0 Å². The zero-order valence-electron chi connectivity index (χ0n) is 13.1. The molecule has 1 aromatic heterocycles. The molecule has 0 unspecified atom stereocenters. The van der Waals surface area contributed by atoms with E-state index in [1.165, 1.54) is 16.7 Å². The fourth-order valence-electron chi connectivity index (χ4n) is 1.96. The van der Waals surface area contributed by atoms with Gasteiger partial charge in [0.25, 0.3) is 5.91 Å². The molecule has 1 fully saturated rings. The van der Waals surface area contributed by atoms with E-state index in [0.29, 0.717) is 15.8 Å². The molecular formula is C15H19N3O2S3. The molecule has 2 rings (SSSR count). The summed E-state index contributed by atoms with van der Waals surface area (Å²) < 4.78 is 0.432. The van der Waals surface area contributed by atoms with Gasteiger partial charge in [-0.15, -0.1) is 11.3 Å². The highest BCUT2D eigenvalue weighted by molar-refractivity contribution is 8.26. The van der Waals surface area contributed by atoms with Crippen molar-refractivity contribution in [2.45, 2.75) is 6.42 Å². The van der Waals surface area contributed by atoms with Crippen LogP contribution in [0.15, 0.2) is 22.4 Å². The molecule has 0 spiro atoms. The number of thiophene rings is 1. The minimum atomic E-state index is -0.197. The molecule has 0 radical (unpaired) electrons. The van der Waals surface area contributed by atoms with Crippen LogP contribution in [0.4, 0.5) is 0 Å². The molecule has 1 N–H and O–H groups in total. The van der Waals surface area contributed by atoms with Gasteiger partial charge in [-0.05, 0) is 44.6 Å². The van der Waals surface area contributed by atoms with Crippen LogP contribution in [-0.4, -0.2) is 59.7 Å². The Morgan fingerprint density at radius 2 is 2.26 bits per heavy atom. The molecule has 8 heteroatoms. The van der Waals surface area contributed by atoms with Gasteiger partial charge in [-0.1, -0.05) is 30.0 Å². The molecule has 1 aliphatic rings. The van der Waals surface area contributed by atoms with E-state index in [9.17, 15) is 9.59 Å². The minimum absolute atomic E-state index is 0.0194. The predicted octanol–water partition coefficient (Wildman–Crippen LogP) is 2.02. The SMILES string of the molecule is CN(C)CCCNC(=O)CN1C(=O)C(=Cc2cccs2)SC1=S. The Hall–Kier alpha value is -1.22. The van der Waals surface area contributed by atoms with Crippen LogP contribution in [-0.2, 0) is 9.59 Å². The molecular weight excluding hydrogens is 350 g/mol. The van der Waals surface area contributed by atoms with E-state index >= 15 is 0 Å². The number of rotatable bonds is 7. The maximum atomic E-state index is 12.4. The van der Waals surface area contributed by atoms with E-state index < -0.39 is 0 Å². The first-order valence-corrected chi connectivity index (χ1v) is 9.28. The van der Waals surface area contributed by atoms with E-state index in [1.54, 1.807) is 11.3 Å². The fourth-order valence-corrected chi connectivity index (χ4v) is 3.94. The Bertz CT molecular complexity index is 611. The molecule has 0 aromatic carbocycles. The average Bonchev–Trinajstić information content (AvgIpc) is 3.08. The van der Waals surface area contributed by atoms with Crippen molar-refractivity contribution in [2.75, 3.05) is 33.7 Å². The van der Waals surface area contributed by atoms with Gasteiger partial charge in [0.15, 0.2) is 0 Å². The quantitative estimate of drug-likeness (QED) is 0.453. The second-order valence-corrected chi connectivity index (χ2v) is 7.95. The molecule has 1 aromatic rings. The minimum Gasteiger partial charge on any atom is -0.354 e. The van der Waals surface area contributed by atoms with Crippen LogP contribution in [0.3, 0.4) is 0 Å². The molecule has 0 bridgehead atoms. The van der Waals surface area contributed by atoms with Crippen molar-refractivity contribution in [1.82, 2.24) is 15.1 Å². The first kappa shape index (κ1) is 18.1. The highest BCUT2D eigenvalue weighted by atomic mass is 32.2. The van der Waals surface area contributed by atoms with Crippen LogP contribution >= 0.6 is 35.3 Å². The Kier molecular flexibility index (Phi) is 6.76. The van der Waals surface area contributed by atoms with Crippen LogP contribution in [0.1, 0.15) is 11.3 Å². The summed E-state index contributed by atoms with van der Waals surface area (Å²) in [7, 11) is 3.98. The zero-order chi connectivity index (χ0) is 16.8. The first-order valence-electron chi connectivity index (χ1n) is 7.17. The van der Waals surface area contributed by atoms with Crippen LogP contribution in [0.5, 0.6) is 0 Å². The highest BCUT2D eigenvalue weighted by Gasteiger charge is 2.33. The van der Waals surface area contributed by atoms with Gasteiger partial charge in [-0.2, -0.15) is 0 Å². The second-order valence-electron chi connectivity index (χ2n) is 5.29. The number of carbonyl (C=O) groups excluding carboxylic acids is 2. The van der Waals surface area contributed by atoms with Crippen LogP contribution in [0.25, 0.3) is 6.08 Å². The van der Waals surface area contributed by atoms with Crippen molar-refractivity contribution in [3.05, 3.63) is 27.3 Å². The number of hydrogen-bond acceptors (Lipinski definition) is 6. The molecule has 1 saturated heterocycles. The summed E-state index contributed by atoms with van der Waals surface area (Å²) in [6.45, 7) is 1.48. The van der Waals surface area contributed by atoms with Gasteiger partial charge in [0.05, 0.1) is 4.91 Å². The average molecular weight is 370 g/mol. The van der Waals surface area contributed by atoms with Crippen LogP contribution in [0.2, 0.25) is 0 Å². The van der Waals surface area contributed by atoms with Gasteiger partial charge < -0.3 is 10.2 Å². The third kappa shape index (κ3) is 5.42. The van der Waals surface area contributed by atoms with Crippen molar-refractivity contribution >= 4 is 57.5 Å². The smallest absolute Gasteiger partial charge is 0.266 e. The molecule has 2 heterocycles. The van der Waals surface area contributed by atoms with Gasteiger partial charge >= 0.3 is 0 Å². The normalized spacial score (nSPS) is 16.7. The summed E-state index contributed by atoms with van der Waals surface area (Å²) >= 11 is 8.02. The summed E-state index contributed by atoms with van der Waals surface area (Å²) in [5.74, 6) is -0.380. The van der Waals surface area contributed by atoms with Crippen molar-refractivity contribution in [1.29, 1.82) is 0 Å². The van der Waals surface area contributed by atoms with E-state index in [0.717, 1.165) is 17.8 Å². The number of hydrogen-bond donors (Lipinski definition) is 1. The highest BCUT2D eigenvalue weighted by Crippen LogP contribution is 2.32. The summed E-state index contributed by atoms with van der Waals surface area (Å²) in [6, 6.07) is 3.87. The van der Waals surface area contributed by atoms with E-state index in [1.807, 2.05) is 37.7 Å². The Morgan fingerprint density at radius 3 is 2.91 bits per heavy atom. The van der Waals surface area contributed by atoms with Gasteiger partial charge in [-0.25, -0.2) is 0 Å². The number of amides is 2. The lowest BCUT2D eigenvalue weighted by Crippen LogP contribution is -2.40. The number of carbonyl (C=O) groups is 2. The van der Waals surface area contributed by atoms with E-state index in [4.69, 9.17) is 12.2 Å². The first-order chi connectivity index (χ1) is 11.0. The third-order valence-electron chi connectivity index (χ3n) is 3.10. The van der Waals surface area contributed by atoms with Gasteiger partial charge in [0.2, 0.25) is 5.91 Å². The molecule has 0 aliphatic carbocycles. The fraction of sp³-hybridized carbons (Fsp3) is 0.400. The molecule has 0 atom stereocenters. The van der Waals surface area contributed by atoms with Gasteiger partial charge in [0, 0.05) is 11.4 Å². The lowest BCUT2D eigenvalue weighted by atomic mass is 10.3. The summed E-state index contributed by atoms with van der Waals surface area (Å²) in [4.78, 5) is 29.3. The molecule has 2 amide bonds. The summed E-state index contributed by atoms with van der Waals surface area (Å²) in [5, 5.41) is 4.77. The monoisotopic (exact) mass is 369 g/mol. The van der Waals surface area contributed by atoms with E-state index in [2.05, 4.69) is 10.2 Å². The van der Waals surface area contributed by atoms with Crippen molar-refractivity contribution < 1.29 is 9.59 Å². The number of thiocarbonyl (C=S) groups is 1. The molecule has 0 saturated carbocycles. The van der Waals surface area contributed by atoms with Crippen molar-refractivity contribution in [2.24, 2.45) is 0 Å². The summed E-state index contributed by atoms with van der Waals surface area (Å²) in [5.41, 5.74) is 0. The standard InChI is InChI=1S/C15H19N3O2S3/c1-17(2)7-4-6-16-13(19)10-18-14(20)12(23-15(18)21)9-11-5-3-8-22-11/h3,5,8-9H,4,6-7,10H2,1-2H3,(H,16,19).